The Labute approximate surface area is 84.3 Å². The minimum atomic E-state index is -0.142. The molecule has 0 saturated carbocycles. The van der Waals surface area contributed by atoms with Crippen LogP contribution >= 0.6 is 0 Å². The molecule has 1 N–H and O–H groups in total. The molecule has 0 amide bonds. The van der Waals surface area contributed by atoms with Gasteiger partial charge in [0, 0.05) is 0 Å². The summed E-state index contributed by atoms with van der Waals surface area (Å²) in [5.41, 5.74) is 1.25. The molecule has 0 atom stereocenters. The van der Waals surface area contributed by atoms with E-state index < -0.39 is 0 Å². The summed E-state index contributed by atoms with van der Waals surface area (Å²) < 4.78 is 12.6. The first kappa shape index (κ1) is 9.66. The zero-order valence-corrected chi connectivity index (χ0v) is 8.30. The Morgan fingerprint density at radius 3 is 2.50 bits per heavy atom. The quantitative estimate of drug-likeness (QED) is 0.774. The maximum atomic E-state index is 12.6. The van der Waals surface area contributed by atoms with E-state index in [9.17, 15) is 4.39 Å². The van der Waals surface area contributed by atoms with Gasteiger partial charge < -0.3 is 5.32 Å². The van der Waals surface area contributed by atoms with Crippen molar-refractivity contribution in [2.75, 3.05) is 13.1 Å². The van der Waals surface area contributed by atoms with Crippen LogP contribution in [0.1, 0.15) is 18.4 Å². The number of rotatable bonds is 4. The Morgan fingerprint density at radius 2 is 1.93 bits per heavy atom. The van der Waals surface area contributed by atoms with E-state index >= 15 is 0 Å². The normalized spacial score (nSPS) is 16.6. The van der Waals surface area contributed by atoms with E-state index in [1.165, 1.54) is 31.5 Å². The van der Waals surface area contributed by atoms with E-state index in [0.717, 1.165) is 12.3 Å². The summed E-state index contributed by atoms with van der Waals surface area (Å²) in [6, 6.07) is 6.85. The van der Waals surface area contributed by atoms with Crippen LogP contribution in [0.4, 0.5) is 4.39 Å². The monoisotopic (exact) mass is 193 g/mol. The van der Waals surface area contributed by atoms with E-state index in [0.29, 0.717) is 0 Å². The lowest BCUT2D eigenvalue weighted by Crippen LogP contribution is -2.41. The molecular weight excluding hydrogens is 177 g/mol. The molecule has 14 heavy (non-hydrogen) atoms. The summed E-state index contributed by atoms with van der Waals surface area (Å²) in [4.78, 5) is 0. The highest BCUT2D eigenvalue weighted by molar-refractivity contribution is 5.15. The van der Waals surface area contributed by atoms with Crippen molar-refractivity contribution in [2.24, 2.45) is 5.92 Å². The predicted octanol–water partition coefficient (Wildman–Crippen LogP) is 2.37. The van der Waals surface area contributed by atoms with Gasteiger partial charge in [0.25, 0.3) is 0 Å². The molecule has 0 aliphatic carbocycles. The van der Waals surface area contributed by atoms with E-state index in [-0.39, 0.29) is 5.82 Å². The number of benzene rings is 1. The molecule has 2 heteroatoms. The van der Waals surface area contributed by atoms with Crippen LogP contribution in [-0.4, -0.2) is 13.1 Å². The van der Waals surface area contributed by atoms with Gasteiger partial charge >= 0.3 is 0 Å². The van der Waals surface area contributed by atoms with E-state index in [1.54, 1.807) is 12.1 Å². The van der Waals surface area contributed by atoms with Crippen molar-refractivity contribution >= 4 is 0 Å². The molecule has 0 bridgehead atoms. The van der Waals surface area contributed by atoms with E-state index in [4.69, 9.17) is 0 Å². The molecule has 1 aromatic carbocycles. The molecule has 1 fully saturated rings. The SMILES string of the molecule is Fc1ccc(CCCC2CNC2)cc1. The molecule has 0 unspecified atom stereocenters. The van der Waals surface area contributed by atoms with Crippen molar-refractivity contribution in [3.05, 3.63) is 35.6 Å². The summed E-state index contributed by atoms with van der Waals surface area (Å²) in [5.74, 6) is 0.743. The van der Waals surface area contributed by atoms with Crippen LogP contribution in [0.3, 0.4) is 0 Å². The molecule has 1 nitrogen and oxygen atoms in total. The summed E-state index contributed by atoms with van der Waals surface area (Å²) in [5, 5.41) is 3.27. The number of halogens is 1. The van der Waals surface area contributed by atoms with Gasteiger partial charge in [-0.15, -0.1) is 0 Å². The third kappa shape index (κ3) is 2.55. The van der Waals surface area contributed by atoms with Crippen LogP contribution in [0, 0.1) is 11.7 Å². The first-order valence-electron chi connectivity index (χ1n) is 5.30. The number of hydrogen-bond acceptors (Lipinski definition) is 1. The number of nitrogens with one attached hydrogen (secondary N) is 1. The maximum absolute atomic E-state index is 12.6. The van der Waals surface area contributed by atoms with Crippen molar-refractivity contribution in [1.82, 2.24) is 5.32 Å². The highest BCUT2D eigenvalue weighted by Crippen LogP contribution is 2.14. The first-order valence-corrected chi connectivity index (χ1v) is 5.30. The molecule has 76 valence electrons. The topological polar surface area (TPSA) is 12.0 Å². The molecular formula is C12H16FN. The molecule has 1 aliphatic rings. The lowest BCUT2D eigenvalue weighted by Gasteiger charge is -2.26. The van der Waals surface area contributed by atoms with Crippen LogP contribution in [0.2, 0.25) is 0 Å². The fraction of sp³-hybridized carbons (Fsp3) is 0.500. The summed E-state index contributed by atoms with van der Waals surface area (Å²) in [6.45, 7) is 2.37. The van der Waals surface area contributed by atoms with Gasteiger partial charge in [-0.25, -0.2) is 4.39 Å². The zero-order valence-electron chi connectivity index (χ0n) is 8.30. The molecule has 1 aliphatic heterocycles. The van der Waals surface area contributed by atoms with Crippen molar-refractivity contribution in [2.45, 2.75) is 19.3 Å². The standard InChI is InChI=1S/C12H16FN/c13-12-6-4-10(5-7-12)2-1-3-11-8-14-9-11/h4-7,11,14H,1-3,8-9H2. The van der Waals surface area contributed by atoms with Gasteiger partial charge in [-0.1, -0.05) is 12.1 Å². The van der Waals surface area contributed by atoms with Crippen molar-refractivity contribution in [3.8, 4) is 0 Å². The third-order valence-electron chi connectivity index (χ3n) is 2.86. The van der Waals surface area contributed by atoms with Crippen LogP contribution in [0.15, 0.2) is 24.3 Å². The van der Waals surface area contributed by atoms with Gasteiger partial charge in [-0.2, -0.15) is 0 Å². The fourth-order valence-electron chi connectivity index (χ4n) is 1.80. The van der Waals surface area contributed by atoms with E-state index in [1.807, 2.05) is 12.1 Å². The van der Waals surface area contributed by atoms with Crippen molar-refractivity contribution in [3.63, 3.8) is 0 Å². The predicted molar refractivity (Wildman–Crippen MR) is 55.7 cm³/mol. The third-order valence-corrected chi connectivity index (χ3v) is 2.86. The fourth-order valence-corrected chi connectivity index (χ4v) is 1.80. The average molecular weight is 193 g/mol. The Balaban J connectivity index is 1.71. The van der Waals surface area contributed by atoms with Crippen molar-refractivity contribution < 1.29 is 4.39 Å². The summed E-state index contributed by atoms with van der Waals surface area (Å²) >= 11 is 0. The number of aryl methyl sites for hydroxylation is 1. The van der Waals surface area contributed by atoms with Gasteiger partial charge in [-0.05, 0) is 56.0 Å². The summed E-state index contributed by atoms with van der Waals surface area (Å²) in [6.07, 6.45) is 3.60. The molecule has 0 radical (unpaired) electrons. The Morgan fingerprint density at radius 1 is 1.21 bits per heavy atom. The lowest BCUT2D eigenvalue weighted by atomic mass is 9.95. The Bertz CT molecular complexity index is 277. The zero-order chi connectivity index (χ0) is 9.80. The minimum Gasteiger partial charge on any atom is -0.316 e. The highest BCUT2D eigenvalue weighted by atomic mass is 19.1. The van der Waals surface area contributed by atoms with Crippen LogP contribution in [0.5, 0.6) is 0 Å². The second kappa shape index (κ2) is 4.56. The minimum absolute atomic E-state index is 0.142. The number of hydrogen-bond donors (Lipinski definition) is 1. The first-order chi connectivity index (χ1) is 6.84. The second-order valence-electron chi connectivity index (χ2n) is 4.04. The van der Waals surface area contributed by atoms with Gasteiger partial charge in [0.1, 0.15) is 5.82 Å². The molecule has 2 rings (SSSR count). The Hall–Kier alpha value is -0.890. The smallest absolute Gasteiger partial charge is 0.123 e. The van der Waals surface area contributed by atoms with Gasteiger partial charge in [0.15, 0.2) is 0 Å². The maximum Gasteiger partial charge on any atom is 0.123 e. The molecule has 0 spiro atoms. The van der Waals surface area contributed by atoms with Gasteiger partial charge in [0.05, 0.1) is 0 Å². The summed E-state index contributed by atoms with van der Waals surface area (Å²) in [7, 11) is 0. The molecule has 1 saturated heterocycles. The second-order valence-corrected chi connectivity index (χ2v) is 4.04. The highest BCUT2D eigenvalue weighted by Gasteiger charge is 2.15. The van der Waals surface area contributed by atoms with Crippen LogP contribution in [0.25, 0.3) is 0 Å². The average Bonchev–Trinajstić information content (AvgIpc) is 2.12. The van der Waals surface area contributed by atoms with Crippen molar-refractivity contribution in [1.29, 1.82) is 0 Å². The van der Waals surface area contributed by atoms with Gasteiger partial charge in [-0.3, -0.25) is 0 Å². The lowest BCUT2D eigenvalue weighted by molar-refractivity contribution is 0.321. The molecule has 0 aromatic heterocycles. The molecule has 1 aromatic rings. The van der Waals surface area contributed by atoms with Crippen LogP contribution < -0.4 is 5.32 Å². The van der Waals surface area contributed by atoms with Crippen LogP contribution in [-0.2, 0) is 6.42 Å². The van der Waals surface area contributed by atoms with E-state index in [2.05, 4.69) is 5.32 Å². The largest absolute Gasteiger partial charge is 0.316 e. The molecule has 1 heterocycles. The van der Waals surface area contributed by atoms with Gasteiger partial charge in [0.2, 0.25) is 0 Å². The Kier molecular flexibility index (Phi) is 3.14.